The zero-order valence-corrected chi connectivity index (χ0v) is 19.5. The van der Waals surface area contributed by atoms with Gasteiger partial charge in [-0.15, -0.1) is 12.4 Å². The summed E-state index contributed by atoms with van der Waals surface area (Å²) >= 11 is 0. The minimum Gasteiger partial charge on any atom is -0.493 e. The molecule has 7 heteroatoms. The maximum absolute atomic E-state index is 6.29. The zero-order chi connectivity index (χ0) is 21.1. The molecule has 0 radical (unpaired) electrons. The molecule has 1 unspecified atom stereocenters. The number of rotatable bonds is 6. The van der Waals surface area contributed by atoms with Crippen molar-refractivity contribution in [2.75, 3.05) is 48.1 Å². The average molecular weight is 450 g/mol. The molecule has 2 aliphatic heterocycles. The summed E-state index contributed by atoms with van der Waals surface area (Å²) in [5.41, 5.74) is 5.12. The van der Waals surface area contributed by atoms with E-state index in [0.29, 0.717) is 0 Å². The Balaban J connectivity index is 0.00000272. The Labute approximate surface area is 190 Å². The number of hydrogen-bond donors (Lipinski definition) is 0. The zero-order valence-electron chi connectivity index (χ0n) is 18.7. The molecule has 2 aliphatic rings. The number of benzene rings is 2. The minimum absolute atomic E-state index is 0. The molecule has 6 nitrogen and oxygen atoms in total. The molecule has 2 aromatic rings. The van der Waals surface area contributed by atoms with Gasteiger partial charge >= 0.3 is 0 Å². The number of methoxy groups -OCH3 is 4. The van der Waals surface area contributed by atoms with Crippen LogP contribution < -0.4 is 18.9 Å². The number of nitrogens with zero attached hydrogens (tertiary/aromatic N) is 1. The van der Waals surface area contributed by atoms with Gasteiger partial charge in [0, 0.05) is 26.2 Å². The lowest BCUT2D eigenvalue weighted by Gasteiger charge is -2.32. The Morgan fingerprint density at radius 1 is 0.806 bits per heavy atom. The van der Waals surface area contributed by atoms with E-state index in [1.54, 1.807) is 28.4 Å². The van der Waals surface area contributed by atoms with E-state index in [0.717, 1.165) is 68.5 Å². The van der Waals surface area contributed by atoms with Crippen molar-refractivity contribution in [1.29, 1.82) is 0 Å². The fourth-order valence-electron chi connectivity index (χ4n) is 4.51. The molecule has 0 fully saturated rings. The first kappa shape index (κ1) is 23.5. The van der Waals surface area contributed by atoms with Crippen molar-refractivity contribution in [2.24, 2.45) is 0 Å². The molecule has 2 aromatic carbocycles. The van der Waals surface area contributed by atoms with E-state index in [2.05, 4.69) is 29.2 Å². The molecule has 0 bridgehead atoms. The third-order valence-corrected chi connectivity index (χ3v) is 6.12. The van der Waals surface area contributed by atoms with Crippen LogP contribution in [0.1, 0.15) is 34.8 Å². The highest BCUT2D eigenvalue weighted by molar-refractivity contribution is 5.85. The Hall–Kier alpha value is -2.15. The lowest BCUT2D eigenvalue weighted by Crippen LogP contribution is -2.34. The van der Waals surface area contributed by atoms with Crippen LogP contribution in [-0.4, -0.2) is 53.0 Å². The topological polar surface area (TPSA) is 49.4 Å². The van der Waals surface area contributed by atoms with Gasteiger partial charge in [0.2, 0.25) is 0 Å². The first-order valence-corrected chi connectivity index (χ1v) is 10.5. The highest BCUT2D eigenvalue weighted by Crippen LogP contribution is 2.38. The second kappa shape index (κ2) is 10.4. The summed E-state index contributed by atoms with van der Waals surface area (Å²) in [6, 6.07) is 8.42. The van der Waals surface area contributed by atoms with Gasteiger partial charge in [0.15, 0.2) is 23.0 Å². The number of halogens is 1. The van der Waals surface area contributed by atoms with E-state index in [1.165, 1.54) is 22.3 Å². The highest BCUT2D eigenvalue weighted by atomic mass is 35.5. The van der Waals surface area contributed by atoms with E-state index in [4.69, 9.17) is 23.7 Å². The van der Waals surface area contributed by atoms with Crippen molar-refractivity contribution >= 4 is 12.4 Å². The van der Waals surface area contributed by atoms with Crippen molar-refractivity contribution in [1.82, 2.24) is 4.90 Å². The normalized spacial score (nSPS) is 18.1. The van der Waals surface area contributed by atoms with Gasteiger partial charge < -0.3 is 23.7 Å². The van der Waals surface area contributed by atoms with Gasteiger partial charge in [-0.3, -0.25) is 4.90 Å². The molecule has 1 atom stereocenters. The van der Waals surface area contributed by atoms with E-state index in [9.17, 15) is 0 Å². The summed E-state index contributed by atoms with van der Waals surface area (Å²) in [4.78, 5) is 2.46. The Kier molecular flexibility index (Phi) is 7.92. The quantitative estimate of drug-likeness (QED) is 0.658. The van der Waals surface area contributed by atoms with Crippen LogP contribution in [0.2, 0.25) is 0 Å². The number of ether oxygens (including phenoxy) is 5. The van der Waals surface area contributed by atoms with Crippen LogP contribution in [0, 0.1) is 0 Å². The first-order chi connectivity index (χ1) is 14.7. The van der Waals surface area contributed by atoms with Gasteiger partial charge in [0.25, 0.3) is 0 Å². The maximum atomic E-state index is 6.29. The summed E-state index contributed by atoms with van der Waals surface area (Å²) in [6.45, 7) is 3.47. The maximum Gasteiger partial charge on any atom is 0.161 e. The Bertz CT molecular complexity index is 904. The number of aryl methyl sites for hydroxylation is 1. The van der Waals surface area contributed by atoms with Gasteiger partial charge in [-0.2, -0.15) is 0 Å². The summed E-state index contributed by atoms with van der Waals surface area (Å²) < 4.78 is 28.3. The van der Waals surface area contributed by atoms with Crippen LogP contribution in [0.15, 0.2) is 24.3 Å². The van der Waals surface area contributed by atoms with Crippen molar-refractivity contribution in [2.45, 2.75) is 31.9 Å². The van der Waals surface area contributed by atoms with E-state index < -0.39 is 0 Å². The number of hydrogen-bond acceptors (Lipinski definition) is 6. The summed E-state index contributed by atoms with van der Waals surface area (Å²) in [5.74, 6) is 3.12. The lowest BCUT2D eigenvalue weighted by atomic mass is 9.96. The molecule has 2 heterocycles. The molecule has 0 amide bonds. The largest absolute Gasteiger partial charge is 0.493 e. The number of fused-ring (bicyclic) bond motifs is 2. The molecule has 0 aromatic heterocycles. The molecule has 4 rings (SSSR count). The third-order valence-electron chi connectivity index (χ3n) is 6.12. The third kappa shape index (κ3) is 4.86. The fraction of sp³-hybridized carbons (Fsp3) is 0.500. The smallest absolute Gasteiger partial charge is 0.161 e. The molecular formula is C24H32ClNO5. The van der Waals surface area contributed by atoms with Gasteiger partial charge in [0.1, 0.15) is 0 Å². The standard InChI is InChI=1S/C24H31NO5.ClH/c1-26-20-10-16-7-8-25(14-18(16)12-22(20)28-3)15-24-19-13-23(29-4)21(27-2)11-17(19)6-5-9-30-24;/h10-13,24H,5-9,14-15H2,1-4H3;1H. The Morgan fingerprint density at radius 2 is 1.39 bits per heavy atom. The van der Waals surface area contributed by atoms with Crippen molar-refractivity contribution < 1.29 is 23.7 Å². The van der Waals surface area contributed by atoms with Crippen LogP contribution in [-0.2, 0) is 24.1 Å². The first-order valence-electron chi connectivity index (χ1n) is 10.5. The highest BCUT2D eigenvalue weighted by Gasteiger charge is 2.27. The van der Waals surface area contributed by atoms with Crippen LogP contribution >= 0.6 is 12.4 Å². The van der Waals surface area contributed by atoms with Crippen molar-refractivity contribution in [3.63, 3.8) is 0 Å². The minimum atomic E-state index is 0. The molecule has 0 saturated heterocycles. The fourth-order valence-corrected chi connectivity index (χ4v) is 4.51. The van der Waals surface area contributed by atoms with Crippen molar-refractivity contribution in [3.8, 4) is 23.0 Å². The second-order valence-corrected chi connectivity index (χ2v) is 7.83. The Morgan fingerprint density at radius 3 is 2.03 bits per heavy atom. The molecule has 0 spiro atoms. The van der Waals surface area contributed by atoms with E-state index in [1.807, 2.05) is 0 Å². The predicted octanol–water partition coefficient (Wildman–Crippen LogP) is 4.21. The second-order valence-electron chi connectivity index (χ2n) is 7.83. The average Bonchev–Trinajstić information content (AvgIpc) is 2.98. The van der Waals surface area contributed by atoms with Crippen LogP contribution in [0.4, 0.5) is 0 Å². The van der Waals surface area contributed by atoms with Gasteiger partial charge in [0.05, 0.1) is 34.5 Å². The molecule has 0 aliphatic carbocycles. The summed E-state index contributed by atoms with van der Waals surface area (Å²) in [5, 5.41) is 0. The summed E-state index contributed by atoms with van der Waals surface area (Å²) in [7, 11) is 6.73. The van der Waals surface area contributed by atoms with Gasteiger partial charge in [-0.05, 0) is 65.8 Å². The molecule has 170 valence electrons. The van der Waals surface area contributed by atoms with E-state index >= 15 is 0 Å². The van der Waals surface area contributed by atoms with Crippen LogP contribution in [0.3, 0.4) is 0 Å². The van der Waals surface area contributed by atoms with Crippen LogP contribution in [0.5, 0.6) is 23.0 Å². The van der Waals surface area contributed by atoms with Gasteiger partial charge in [-0.25, -0.2) is 0 Å². The molecule has 31 heavy (non-hydrogen) atoms. The SMILES string of the molecule is COc1cc2c(cc1OC)CN(CC1OCCCc3cc(OC)c(OC)cc31)CC2.Cl. The van der Waals surface area contributed by atoms with Gasteiger partial charge in [-0.1, -0.05) is 0 Å². The molecular weight excluding hydrogens is 418 g/mol. The summed E-state index contributed by atoms with van der Waals surface area (Å²) in [6.07, 6.45) is 3.01. The van der Waals surface area contributed by atoms with Crippen molar-refractivity contribution in [3.05, 3.63) is 46.5 Å². The monoisotopic (exact) mass is 449 g/mol. The lowest BCUT2D eigenvalue weighted by molar-refractivity contribution is 0.0248. The molecule has 0 N–H and O–H groups in total. The molecule has 0 saturated carbocycles. The van der Waals surface area contributed by atoms with Crippen LogP contribution in [0.25, 0.3) is 0 Å². The van der Waals surface area contributed by atoms with E-state index in [-0.39, 0.29) is 18.5 Å². The predicted molar refractivity (Wildman–Crippen MR) is 122 cm³/mol.